The summed E-state index contributed by atoms with van der Waals surface area (Å²) in [6.07, 6.45) is 1.64. The van der Waals surface area contributed by atoms with Gasteiger partial charge in [-0.3, -0.25) is 4.79 Å². The zero-order valence-corrected chi connectivity index (χ0v) is 12.3. The fourth-order valence-corrected chi connectivity index (χ4v) is 2.74. The molecule has 0 aromatic heterocycles. The Balaban J connectivity index is 2.26. The van der Waals surface area contributed by atoms with Crippen LogP contribution in [0.5, 0.6) is 0 Å². The van der Waals surface area contributed by atoms with E-state index in [0.29, 0.717) is 0 Å². The summed E-state index contributed by atoms with van der Waals surface area (Å²) in [5, 5.41) is 14.9. The van der Waals surface area contributed by atoms with Crippen LogP contribution in [0.25, 0.3) is 0 Å². The third-order valence-corrected chi connectivity index (χ3v) is 3.99. The van der Waals surface area contributed by atoms with E-state index < -0.39 is 11.5 Å². The Morgan fingerprint density at radius 2 is 1.95 bits per heavy atom. The summed E-state index contributed by atoms with van der Waals surface area (Å²) < 4.78 is 0. The van der Waals surface area contributed by atoms with Crippen LogP contribution in [0.2, 0.25) is 10.0 Å². The molecule has 0 saturated carbocycles. The zero-order chi connectivity index (χ0) is 14.9. The third-order valence-electron chi connectivity index (χ3n) is 3.40. The average molecular weight is 317 g/mol. The molecule has 108 valence electrons. The smallest absolute Gasteiger partial charge is 0.335 e. The Labute approximate surface area is 126 Å². The minimum atomic E-state index is -1.13. The van der Waals surface area contributed by atoms with Crippen molar-refractivity contribution >= 4 is 40.8 Å². The van der Waals surface area contributed by atoms with E-state index in [4.69, 9.17) is 28.3 Å². The molecular weight excluding hydrogens is 303 g/mol. The molecule has 0 bridgehead atoms. The highest BCUT2D eigenvalue weighted by Crippen LogP contribution is 2.33. The van der Waals surface area contributed by atoms with Crippen molar-refractivity contribution in [2.45, 2.75) is 25.3 Å². The molecule has 5 nitrogen and oxygen atoms in total. The van der Waals surface area contributed by atoms with Crippen LogP contribution in [0.3, 0.4) is 0 Å². The van der Waals surface area contributed by atoms with Crippen LogP contribution < -0.4 is 10.6 Å². The maximum atomic E-state index is 12.3. The summed E-state index contributed by atoms with van der Waals surface area (Å²) in [5.41, 5.74) is -0.445. The number of benzene rings is 1. The number of amides is 1. The van der Waals surface area contributed by atoms with Crippen molar-refractivity contribution in [1.29, 1.82) is 0 Å². The summed E-state index contributed by atoms with van der Waals surface area (Å²) in [5.74, 6) is -1.36. The van der Waals surface area contributed by atoms with E-state index >= 15 is 0 Å². The third kappa shape index (κ3) is 2.90. The number of carbonyl (C=O) groups excluding carboxylic acids is 1. The van der Waals surface area contributed by atoms with Crippen molar-refractivity contribution in [3.63, 3.8) is 0 Å². The predicted molar refractivity (Wildman–Crippen MR) is 77.7 cm³/mol. The summed E-state index contributed by atoms with van der Waals surface area (Å²) >= 11 is 12.0. The van der Waals surface area contributed by atoms with Gasteiger partial charge in [0.1, 0.15) is 0 Å². The number of hydrogen-bond acceptors (Lipinski definition) is 3. The SMILES string of the molecule is CC1(C(=O)Nc2c(Cl)cc(C(=O)O)cc2Cl)CCCN1. The zero-order valence-electron chi connectivity index (χ0n) is 10.8. The molecule has 1 saturated heterocycles. The molecule has 1 aliphatic heterocycles. The fraction of sp³-hybridized carbons (Fsp3) is 0.385. The minimum Gasteiger partial charge on any atom is -0.478 e. The number of carbonyl (C=O) groups is 2. The molecule has 20 heavy (non-hydrogen) atoms. The molecule has 1 heterocycles. The molecule has 3 N–H and O–H groups in total. The Hall–Kier alpha value is -1.30. The summed E-state index contributed by atoms with van der Waals surface area (Å²) in [7, 11) is 0. The number of rotatable bonds is 3. The van der Waals surface area contributed by atoms with Crippen LogP contribution in [0.15, 0.2) is 12.1 Å². The highest BCUT2D eigenvalue weighted by atomic mass is 35.5. The van der Waals surface area contributed by atoms with E-state index in [1.54, 1.807) is 0 Å². The summed E-state index contributed by atoms with van der Waals surface area (Å²) in [4.78, 5) is 23.1. The van der Waals surface area contributed by atoms with Crippen LogP contribution in [0.1, 0.15) is 30.1 Å². The molecule has 0 aliphatic carbocycles. The molecule has 1 amide bonds. The molecule has 1 atom stereocenters. The van der Waals surface area contributed by atoms with Gasteiger partial charge in [0.25, 0.3) is 0 Å². The second-order valence-electron chi connectivity index (χ2n) is 4.94. The second-order valence-corrected chi connectivity index (χ2v) is 5.75. The first-order valence-electron chi connectivity index (χ1n) is 6.12. The van der Waals surface area contributed by atoms with Crippen molar-refractivity contribution in [1.82, 2.24) is 5.32 Å². The van der Waals surface area contributed by atoms with Crippen LogP contribution >= 0.6 is 23.2 Å². The molecular formula is C13H14Cl2N2O3. The molecule has 1 unspecified atom stereocenters. The van der Waals surface area contributed by atoms with Gasteiger partial charge in [0.05, 0.1) is 26.8 Å². The molecule has 2 rings (SSSR count). The van der Waals surface area contributed by atoms with Gasteiger partial charge in [-0.2, -0.15) is 0 Å². The normalized spacial score (nSPS) is 21.8. The number of carboxylic acids is 1. The van der Waals surface area contributed by atoms with Crippen molar-refractivity contribution < 1.29 is 14.7 Å². The van der Waals surface area contributed by atoms with Crippen LogP contribution in [-0.4, -0.2) is 29.1 Å². The maximum absolute atomic E-state index is 12.3. The highest BCUT2D eigenvalue weighted by Gasteiger charge is 2.36. The number of hydrogen-bond donors (Lipinski definition) is 3. The van der Waals surface area contributed by atoms with E-state index in [1.807, 2.05) is 6.92 Å². The van der Waals surface area contributed by atoms with Crippen LogP contribution in [-0.2, 0) is 4.79 Å². The van der Waals surface area contributed by atoms with Gasteiger partial charge in [-0.1, -0.05) is 23.2 Å². The van der Waals surface area contributed by atoms with Gasteiger partial charge >= 0.3 is 5.97 Å². The van der Waals surface area contributed by atoms with Gasteiger partial charge < -0.3 is 15.7 Å². The average Bonchev–Trinajstić information content (AvgIpc) is 2.81. The number of halogens is 2. The molecule has 1 aromatic carbocycles. The van der Waals surface area contributed by atoms with Crippen molar-refractivity contribution in [2.75, 3.05) is 11.9 Å². The topological polar surface area (TPSA) is 78.4 Å². The Morgan fingerprint density at radius 1 is 1.35 bits per heavy atom. The lowest BCUT2D eigenvalue weighted by Crippen LogP contribution is -2.48. The highest BCUT2D eigenvalue weighted by molar-refractivity contribution is 6.40. The first kappa shape index (κ1) is 15.1. The Kier molecular flexibility index (Phi) is 4.22. The fourth-order valence-electron chi connectivity index (χ4n) is 2.16. The first-order valence-corrected chi connectivity index (χ1v) is 6.88. The molecule has 1 fully saturated rings. The monoisotopic (exact) mass is 316 g/mol. The maximum Gasteiger partial charge on any atom is 0.335 e. The van der Waals surface area contributed by atoms with Gasteiger partial charge in [-0.05, 0) is 38.4 Å². The molecule has 1 aliphatic rings. The lowest BCUT2D eigenvalue weighted by molar-refractivity contribution is -0.121. The Morgan fingerprint density at radius 3 is 2.40 bits per heavy atom. The molecule has 1 aromatic rings. The number of anilines is 1. The molecule has 0 spiro atoms. The van der Waals surface area contributed by atoms with Gasteiger partial charge in [-0.15, -0.1) is 0 Å². The van der Waals surface area contributed by atoms with Gasteiger partial charge in [-0.25, -0.2) is 4.79 Å². The van der Waals surface area contributed by atoms with Gasteiger partial charge in [0.2, 0.25) is 5.91 Å². The summed E-state index contributed by atoms with van der Waals surface area (Å²) in [6.45, 7) is 2.59. The van der Waals surface area contributed by atoms with E-state index in [-0.39, 0.29) is 27.2 Å². The van der Waals surface area contributed by atoms with Crippen LogP contribution in [0, 0.1) is 0 Å². The number of aromatic carboxylic acids is 1. The first-order chi connectivity index (χ1) is 9.33. The standard InChI is InChI=1S/C13H14Cl2N2O3/c1-13(3-2-4-16-13)12(20)17-10-8(14)5-7(11(18)19)6-9(10)15/h5-6,16H,2-4H2,1H3,(H,17,20)(H,18,19). The lowest BCUT2D eigenvalue weighted by Gasteiger charge is -2.23. The van der Waals surface area contributed by atoms with E-state index in [0.717, 1.165) is 19.4 Å². The summed E-state index contributed by atoms with van der Waals surface area (Å²) in [6, 6.07) is 2.52. The molecule has 7 heteroatoms. The number of carboxylic acid groups (broad SMARTS) is 1. The minimum absolute atomic E-state index is 0.0248. The van der Waals surface area contributed by atoms with Crippen molar-refractivity contribution in [2.24, 2.45) is 0 Å². The largest absolute Gasteiger partial charge is 0.478 e. The quantitative estimate of drug-likeness (QED) is 0.801. The van der Waals surface area contributed by atoms with Crippen LogP contribution in [0.4, 0.5) is 5.69 Å². The van der Waals surface area contributed by atoms with E-state index in [9.17, 15) is 9.59 Å². The van der Waals surface area contributed by atoms with Crippen molar-refractivity contribution in [3.8, 4) is 0 Å². The number of nitrogens with one attached hydrogen (secondary N) is 2. The van der Waals surface area contributed by atoms with E-state index in [1.165, 1.54) is 12.1 Å². The predicted octanol–water partition coefficient (Wildman–Crippen LogP) is 2.77. The Bertz CT molecular complexity index is 546. The lowest BCUT2D eigenvalue weighted by atomic mass is 9.99. The van der Waals surface area contributed by atoms with E-state index in [2.05, 4.69) is 10.6 Å². The molecule has 0 radical (unpaired) electrons. The van der Waals surface area contributed by atoms with Gasteiger partial charge in [0, 0.05) is 0 Å². The van der Waals surface area contributed by atoms with Crippen molar-refractivity contribution in [3.05, 3.63) is 27.7 Å². The van der Waals surface area contributed by atoms with Gasteiger partial charge in [0.15, 0.2) is 0 Å². The second kappa shape index (κ2) is 5.60.